The minimum absolute atomic E-state index is 0.0508. The van der Waals surface area contributed by atoms with Crippen LogP contribution in [-0.2, 0) is 20.9 Å². The van der Waals surface area contributed by atoms with E-state index in [9.17, 15) is 14.9 Å². The van der Waals surface area contributed by atoms with Crippen LogP contribution in [0.1, 0.15) is 43.2 Å². The molecule has 4 saturated carbocycles. The zero-order chi connectivity index (χ0) is 22.5. The largest absolute Gasteiger partial charge is 0.369 e. The van der Waals surface area contributed by atoms with E-state index in [1.807, 2.05) is 12.1 Å². The highest BCUT2D eigenvalue weighted by Gasteiger charge is 2.58. The number of halogens is 1. The van der Waals surface area contributed by atoms with Crippen LogP contribution < -0.4 is 11.1 Å². The zero-order valence-electron chi connectivity index (χ0n) is 18.1. The summed E-state index contributed by atoms with van der Waals surface area (Å²) in [5.41, 5.74) is 7.09. The maximum absolute atomic E-state index is 13.2. The topological polar surface area (TPSA) is 108 Å². The number of primary amides is 1. The molecule has 2 amide bonds. The Morgan fingerprint density at radius 1 is 1.28 bits per heavy atom. The van der Waals surface area contributed by atoms with Crippen molar-refractivity contribution >= 4 is 27.7 Å². The van der Waals surface area contributed by atoms with Crippen molar-refractivity contribution in [3.63, 3.8) is 0 Å². The van der Waals surface area contributed by atoms with Crippen molar-refractivity contribution in [3.8, 4) is 6.07 Å². The second kappa shape index (κ2) is 8.44. The predicted molar refractivity (Wildman–Crippen MR) is 121 cm³/mol. The lowest BCUT2D eigenvalue weighted by Crippen LogP contribution is -2.63. The standard InChI is InChI=1S/C24H29BrN4O3/c25-20-15(11-26)2-1-3-16(20)12-29-4-5-32-19(13-29)22(30)28-21-17-6-14-7-18(21)10-24(8-14,9-17)23(27)31/h1-3,14,17-19,21H,4-10,12-13H2,(H2,27,31)(H,28,30)/t14?,17?,18?,19-,21?,24?/m1/s1. The molecule has 7 nitrogen and oxygen atoms in total. The first-order valence-electron chi connectivity index (χ1n) is 11.5. The molecular formula is C24H29BrN4O3. The van der Waals surface area contributed by atoms with Gasteiger partial charge in [0.05, 0.1) is 12.2 Å². The van der Waals surface area contributed by atoms with Gasteiger partial charge in [0.2, 0.25) is 5.91 Å². The molecule has 170 valence electrons. The van der Waals surface area contributed by atoms with Crippen molar-refractivity contribution in [3.05, 3.63) is 33.8 Å². The van der Waals surface area contributed by atoms with Crippen LogP contribution >= 0.6 is 15.9 Å². The van der Waals surface area contributed by atoms with Crippen LogP contribution in [0.4, 0.5) is 0 Å². The summed E-state index contributed by atoms with van der Waals surface area (Å²) in [7, 11) is 0. The molecule has 1 heterocycles. The molecule has 0 aromatic heterocycles. The molecule has 1 saturated heterocycles. The Kier molecular flexibility index (Phi) is 5.77. The fourth-order valence-electron chi connectivity index (χ4n) is 6.85. The molecule has 5 aliphatic rings. The van der Waals surface area contributed by atoms with Gasteiger partial charge in [-0.05, 0) is 77.4 Å². The molecule has 1 aromatic rings. The second-order valence-electron chi connectivity index (χ2n) is 10.1. The molecule has 4 aliphatic carbocycles. The summed E-state index contributed by atoms with van der Waals surface area (Å²) in [6.45, 7) is 2.41. The van der Waals surface area contributed by atoms with E-state index in [1.54, 1.807) is 6.07 Å². The summed E-state index contributed by atoms with van der Waals surface area (Å²) in [5.74, 6) is 1.03. The number of ether oxygens (including phenoxy) is 1. The number of hydrogen-bond acceptors (Lipinski definition) is 5. The Morgan fingerprint density at radius 3 is 2.72 bits per heavy atom. The van der Waals surface area contributed by atoms with Crippen molar-refractivity contribution in [1.29, 1.82) is 5.26 Å². The van der Waals surface area contributed by atoms with Gasteiger partial charge in [0.15, 0.2) is 0 Å². The van der Waals surface area contributed by atoms with Gasteiger partial charge in [-0.2, -0.15) is 5.26 Å². The first-order chi connectivity index (χ1) is 15.4. The normalized spacial score (nSPS) is 35.9. The highest BCUT2D eigenvalue weighted by atomic mass is 79.9. The van der Waals surface area contributed by atoms with Crippen molar-refractivity contribution in [2.24, 2.45) is 28.9 Å². The lowest BCUT2D eigenvalue weighted by atomic mass is 9.47. The predicted octanol–water partition coefficient (Wildman–Crippen LogP) is 2.32. The van der Waals surface area contributed by atoms with Crippen LogP contribution in [0.2, 0.25) is 0 Å². The quantitative estimate of drug-likeness (QED) is 0.644. The lowest BCUT2D eigenvalue weighted by Gasteiger charge is -2.59. The van der Waals surface area contributed by atoms with Crippen molar-refractivity contribution in [2.45, 2.75) is 50.8 Å². The first kappa shape index (κ1) is 21.9. The third-order valence-electron chi connectivity index (χ3n) is 8.14. The molecule has 0 spiro atoms. The highest BCUT2D eigenvalue weighted by molar-refractivity contribution is 9.10. The minimum Gasteiger partial charge on any atom is -0.369 e. The van der Waals surface area contributed by atoms with Crippen molar-refractivity contribution in [2.75, 3.05) is 19.7 Å². The molecule has 1 aromatic carbocycles. The van der Waals surface area contributed by atoms with E-state index in [0.29, 0.717) is 43.0 Å². The maximum Gasteiger partial charge on any atom is 0.250 e. The monoisotopic (exact) mass is 500 g/mol. The zero-order valence-corrected chi connectivity index (χ0v) is 19.6. The number of rotatable bonds is 5. The molecule has 4 bridgehead atoms. The Labute approximate surface area is 196 Å². The SMILES string of the molecule is N#Cc1cccc(CN2CCO[C@@H](C(=O)NC3C4CC5CC3CC(C(N)=O)(C5)C4)C2)c1Br. The van der Waals surface area contributed by atoms with Gasteiger partial charge >= 0.3 is 0 Å². The smallest absolute Gasteiger partial charge is 0.250 e. The van der Waals surface area contributed by atoms with Crippen LogP contribution in [-0.4, -0.2) is 48.6 Å². The molecule has 32 heavy (non-hydrogen) atoms. The third-order valence-corrected chi connectivity index (χ3v) is 9.08. The number of amides is 2. The van der Waals surface area contributed by atoms with Crippen LogP contribution in [0, 0.1) is 34.5 Å². The van der Waals surface area contributed by atoms with Crippen LogP contribution in [0.25, 0.3) is 0 Å². The van der Waals surface area contributed by atoms with Gasteiger partial charge in [-0.15, -0.1) is 0 Å². The summed E-state index contributed by atoms with van der Waals surface area (Å²) in [4.78, 5) is 27.5. The Balaban J connectivity index is 1.22. The Morgan fingerprint density at radius 2 is 2.03 bits per heavy atom. The molecule has 6 rings (SSSR count). The van der Waals surface area contributed by atoms with E-state index < -0.39 is 6.10 Å². The van der Waals surface area contributed by atoms with E-state index in [0.717, 1.165) is 48.7 Å². The number of carbonyl (C=O) groups is 2. The van der Waals surface area contributed by atoms with Crippen LogP contribution in [0.15, 0.2) is 22.7 Å². The number of hydrogen-bond donors (Lipinski definition) is 2. The number of morpholine rings is 1. The fourth-order valence-corrected chi connectivity index (χ4v) is 7.33. The van der Waals surface area contributed by atoms with E-state index in [1.165, 1.54) is 0 Å². The molecule has 3 N–H and O–H groups in total. The molecular weight excluding hydrogens is 472 g/mol. The summed E-state index contributed by atoms with van der Waals surface area (Å²) in [6, 6.07) is 7.99. The van der Waals surface area contributed by atoms with Gasteiger partial charge in [-0.1, -0.05) is 12.1 Å². The van der Waals surface area contributed by atoms with E-state index in [4.69, 9.17) is 10.5 Å². The highest BCUT2D eigenvalue weighted by Crippen LogP contribution is 2.59. The third kappa shape index (κ3) is 3.85. The first-order valence-corrected chi connectivity index (χ1v) is 12.3. The number of benzene rings is 1. The molecule has 8 heteroatoms. The summed E-state index contributed by atoms with van der Waals surface area (Å²) < 4.78 is 6.65. The Bertz CT molecular complexity index is 960. The van der Waals surface area contributed by atoms with Crippen molar-refractivity contribution < 1.29 is 14.3 Å². The number of nitrogens with two attached hydrogens (primary N) is 1. The van der Waals surface area contributed by atoms with Gasteiger partial charge in [0.25, 0.3) is 5.91 Å². The number of carbonyl (C=O) groups excluding carboxylic acids is 2. The number of nitrogens with zero attached hydrogens (tertiary/aromatic N) is 2. The maximum atomic E-state index is 13.2. The molecule has 0 radical (unpaired) electrons. The number of nitrogens with one attached hydrogen (secondary N) is 1. The van der Waals surface area contributed by atoms with E-state index in [-0.39, 0.29) is 23.3 Å². The van der Waals surface area contributed by atoms with E-state index >= 15 is 0 Å². The summed E-state index contributed by atoms with van der Waals surface area (Å²) >= 11 is 3.54. The summed E-state index contributed by atoms with van der Waals surface area (Å²) in [6.07, 6.45) is 4.19. The average Bonchev–Trinajstić information content (AvgIpc) is 2.77. The molecule has 2 unspecified atom stereocenters. The number of nitriles is 1. The van der Waals surface area contributed by atoms with Gasteiger partial charge in [0, 0.05) is 35.6 Å². The molecule has 3 atom stereocenters. The summed E-state index contributed by atoms with van der Waals surface area (Å²) in [5, 5.41) is 12.6. The van der Waals surface area contributed by atoms with Gasteiger partial charge in [-0.25, -0.2) is 0 Å². The van der Waals surface area contributed by atoms with Crippen LogP contribution in [0.5, 0.6) is 0 Å². The Hall–Kier alpha value is -1.95. The van der Waals surface area contributed by atoms with Gasteiger partial charge in [-0.3, -0.25) is 14.5 Å². The average molecular weight is 501 g/mol. The van der Waals surface area contributed by atoms with Gasteiger partial charge < -0.3 is 15.8 Å². The van der Waals surface area contributed by atoms with Gasteiger partial charge in [0.1, 0.15) is 12.2 Å². The van der Waals surface area contributed by atoms with E-state index in [2.05, 4.69) is 32.2 Å². The fraction of sp³-hybridized carbons (Fsp3) is 0.625. The van der Waals surface area contributed by atoms with Crippen LogP contribution in [0.3, 0.4) is 0 Å². The molecule has 5 fully saturated rings. The van der Waals surface area contributed by atoms with Crippen molar-refractivity contribution in [1.82, 2.24) is 10.2 Å². The molecule has 1 aliphatic heterocycles. The second-order valence-corrected chi connectivity index (χ2v) is 10.9. The minimum atomic E-state index is -0.510. The lowest BCUT2D eigenvalue weighted by molar-refractivity contribution is -0.151.